The van der Waals surface area contributed by atoms with Crippen LogP contribution in [0.25, 0.3) is 21.8 Å². The Hall–Kier alpha value is -4.39. The summed E-state index contributed by atoms with van der Waals surface area (Å²) in [7, 11) is 0. The number of aromatic nitrogens is 4. The predicted octanol–water partition coefficient (Wildman–Crippen LogP) is 8.16. The Morgan fingerprint density at radius 3 is 1.71 bits per heavy atom. The van der Waals surface area contributed by atoms with Gasteiger partial charge in [-0.3, -0.25) is 9.97 Å². The summed E-state index contributed by atoms with van der Waals surface area (Å²) < 4.78 is 29.6. The molecule has 13 heteroatoms. The number of rotatable bonds is 2. The van der Waals surface area contributed by atoms with Gasteiger partial charge in [0.15, 0.2) is 23.0 Å². The Morgan fingerprint density at radius 2 is 1.16 bits per heavy atom. The van der Waals surface area contributed by atoms with Crippen molar-refractivity contribution in [2.24, 2.45) is 0 Å². The normalized spacial score (nSPS) is 12.8. The molecule has 4 aromatic heterocycles. The third-order valence-corrected chi connectivity index (χ3v) is 7.63. The highest BCUT2D eigenvalue weighted by Crippen LogP contribution is 2.38. The third-order valence-electron chi connectivity index (χ3n) is 6.36. The van der Waals surface area contributed by atoms with Crippen LogP contribution in [0.2, 0.25) is 5.02 Å². The Balaban J connectivity index is 0.000000134. The van der Waals surface area contributed by atoms with Crippen molar-refractivity contribution in [2.75, 3.05) is 26.4 Å². The van der Waals surface area contributed by atoms with Crippen molar-refractivity contribution in [1.29, 1.82) is 0 Å². The summed E-state index contributed by atoms with van der Waals surface area (Å²) in [5.74, 6) is 4.45. The molecule has 0 amide bonds. The number of ether oxygens (including phenoxy) is 5. The number of halogens is 3. The van der Waals surface area contributed by atoms with Gasteiger partial charge >= 0.3 is 0 Å². The molecule has 0 bridgehead atoms. The molecule has 0 spiro atoms. The van der Waals surface area contributed by atoms with Gasteiger partial charge in [0.05, 0.1) is 28.4 Å². The van der Waals surface area contributed by atoms with E-state index in [9.17, 15) is 0 Å². The van der Waals surface area contributed by atoms with Crippen LogP contribution in [-0.4, -0.2) is 51.5 Å². The van der Waals surface area contributed by atoms with Crippen molar-refractivity contribution >= 4 is 65.3 Å². The van der Waals surface area contributed by atoms with Crippen LogP contribution in [0.1, 0.15) is 0 Å². The molecule has 2 aliphatic rings. The minimum atomic E-state index is 0.188. The van der Waals surface area contributed by atoms with E-state index in [1.165, 1.54) is 6.20 Å². The molecule has 0 aliphatic carbocycles. The van der Waals surface area contributed by atoms with E-state index in [0.29, 0.717) is 54.4 Å². The lowest BCUT2D eigenvalue weighted by Gasteiger charge is -2.19. The predicted molar refractivity (Wildman–Crippen MR) is 176 cm³/mol. The van der Waals surface area contributed by atoms with E-state index >= 15 is 0 Å². The van der Waals surface area contributed by atoms with Crippen molar-refractivity contribution in [2.45, 2.75) is 0 Å². The molecule has 1 N–H and O–H groups in total. The second-order valence-corrected chi connectivity index (χ2v) is 11.4. The topological polar surface area (TPSA) is 118 Å². The smallest absolute Gasteiger partial charge is 0.163 e. The van der Waals surface area contributed by atoms with Crippen LogP contribution in [0, 0.1) is 0 Å². The molecule has 0 fully saturated rings. The quantitative estimate of drug-likeness (QED) is 0.174. The lowest BCUT2D eigenvalue weighted by atomic mass is 10.1. The molecule has 6 aromatic rings. The maximum atomic E-state index is 8.67. The Labute approximate surface area is 279 Å². The van der Waals surface area contributed by atoms with Gasteiger partial charge < -0.3 is 28.8 Å². The minimum Gasteiger partial charge on any atom is -0.506 e. The van der Waals surface area contributed by atoms with Crippen molar-refractivity contribution in [3.05, 3.63) is 99.7 Å². The van der Waals surface area contributed by atoms with E-state index in [1.807, 2.05) is 42.5 Å². The zero-order chi connectivity index (χ0) is 31.2. The highest BCUT2D eigenvalue weighted by Gasteiger charge is 2.16. The summed E-state index contributed by atoms with van der Waals surface area (Å²) in [6.45, 7) is 2.26. The average Bonchev–Trinajstić information content (AvgIpc) is 3.06. The second-order valence-electron chi connectivity index (χ2n) is 9.39. The molecule has 228 valence electrons. The van der Waals surface area contributed by atoms with Crippen LogP contribution >= 0.6 is 43.5 Å². The van der Waals surface area contributed by atoms with Gasteiger partial charge in [0.2, 0.25) is 0 Å². The lowest BCUT2D eigenvalue weighted by Crippen LogP contribution is -2.15. The molecule has 45 heavy (non-hydrogen) atoms. The van der Waals surface area contributed by atoms with E-state index in [-0.39, 0.29) is 5.75 Å². The van der Waals surface area contributed by atoms with Gasteiger partial charge in [-0.15, -0.1) is 0 Å². The maximum absolute atomic E-state index is 8.67. The molecule has 6 heterocycles. The fourth-order valence-corrected chi connectivity index (χ4v) is 4.99. The number of benzene rings is 2. The zero-order valence-electron chi connectivity index (χ0n) is 23.3. The zero-order valence-corrected chi connectivity index (χ0v) is 27.3. The van der Waals surface area contributed by atoms with Gasteiger partial charge in [0, 0.05) is 35.3 Å². The number of hydrogen-bond acceptors (Lipinski definition) is 10. The third kappa shape index (κ3) is 7.64. The maximum Gasteiger partial charge on any atom is 0.163 e. The largest absolute Gasteiger partial charge is 0.506 e. The van der Waals surface area contributed by atoms with Gasteiger partial charge in [-0.25, -0.2) is 9.97 Å². The summed E-state index contributed by atoms with van der Waals surface area (Å²) >= 11 is 12.5. The summed E-state index contributed by atoms with van der Waals surface area (Å²) in [5.41, 5.74) is 1.62. The molecule has 0 atom stereocenters. The van der Waals surface area contributed by atoms with E-state index in [1.54, 1.807) is 36.8 Å². The highest BCUT2D eigenvalue weighted by atomic mass is 79.9. The fraction of sp³-hybridized carbons (Fsp3) is 0.125. The summed E-state index contributed by atoms with van der Waals surface area (Å²) in [6, 6.07) is 18.0. The minimum absolute atomic E-state index is 0.188. The van der Waals surface area contributed by atoms with E-state index < -0.39 is 0 Å². The number of fused-ring (bicyclic) bond motifs is 4. The van der Waals surface area contributed by atoms with E-state index in [0.717, 1.165) is 42.5 Å². The molecule has 10 nitrogen and oxygen atoms in total. The number of aromatic hydroxyl groups is 1. The lowest BCUT2D eigenvalue weighted by molar-refractivity contribution is 0.172. The summed E-state index contributed by atoms with van der Waals surface area (Å²) in [6.07, 6.45) is 6.43. The standard InChI is InChI=1S/C16H11BrN2O3.C11H8ClNO2.C5H4BrNO/c17-16-2-1-10(9-19-16)22-13-3-4-18-12-8-15-14(7-11(12)13)20-5-6-21-15;12-8-1-2-13-9-6-11-10(5-7(8)9)14-3-4-15-11;6-5-2-1-4(8)3-7-5/h1-4,7-9H,5-6H2;1-2,5-6H,3-4H2;1-3,8H. The fourth-order valence-electron chi connectivity index (χ4n) is 4.31. The van der Waals surface area contributed by atoms with Crippen LogP contribution < -0.4 is 23.7 Å². The van der Waals surface area contributed by atoms with Gasteiger partial charge in [-0.1, -0.05) is 11.6 Å². The number of hydrogen-bond donors (Lipinski definition) is 1. The number of nitrogens with zero attached hydrogens (tertiary/aromatic N) is 4. The van der Waals surface area contributed by atoms with Crippen LogP contribution in [0.3, 0.4) is 0 Å². The van der Waals surface area contributed by atoms with Crippen LogP contribution in [-0.2, 0) is 0 Å². The Bertz CT molecular complexity index is 1930. The first-order valence-electron chi connectivity index (χ1n) is 13.5. The monoisotopic (exact) mass is 752 g/mol. The molecular weight excluding hydrogens is 732 g/mol. The van der Waals surface area contributed by atoms with Gasteiger partial charge in [-0.05, 0) is 80.4 Å². The second kappa shape index (κ2) is 14.1. The highest BCUT2D eigenvalue weighted by molar-refractivity contribution is 9.10. The molecule has 2 aliphatic heterocycles. The first kappa shape index (κ1) is 30.6. The van der Waals surface area contributed by atoms with Crippen molar-refractivity contribution < 1.29 is 28.8 Å². The van der Waals surface area contributed by atoms with Gasteiger partial charge in [-0.2, -0.15) is 0 Å². The van der Waals surface area contributed by atoms with Crippen LogP contribution in [0.4, 0.5) is 0 Å². The summed E-state index contributed by atoms with van der Waals surface area (Å²) in [5, 5.41) is 11.1. The van der Waals surface area contributed by atoms with Gasteiger partial charge in [0.25, 0.3) is 0 Å². The van der Waals surface area contributed by atoms with E-state index in [4.69, 9.17) is 40.4 Å². The average molecular weight is 755 g/mol. The molecule has 0 radical (unpaired) electrons. The molecule has 0 saturated heterocycles. The first-order chi connectivity index (χ1) is 21.9. The Morgan fingerprint density at radius 1 is 0.622 bits per heavy atom. The number of pyridine rings is 4. The van der Waals surface area contributed by atoms with Crippen molar-refractivity contribution in [1.82, 2.24) is 19.9 Å². The van der Waals surface area contributed by atoms with Crippen LogP contribution in [0.5, 0.6) is 40.2 Å². The van der Waals surface area contributed by atoms with Crippen molar-refractivity contribution in [3.63, 3.8) is 0 Å². The molecule has 2 aromatic carbocycles. The first-order valence-corrected chi connectivity index (χ1v) is 15.5. The Kier molecular flexibility index (Phi) is 9.63. The van der Waals surface area contributed by atoms with Crippen molar-refractivity contribution in [3.8, 4) is 40.2 Å². The molecule has 8 rings (SSSR count). The summed E-state index contributed by atoms with van der Waals surface area (Å²) in [4.78, 5) is 16.5. The molecular formula is C32H23Br2ClN4O6. The van der Waals surface area contributed by atoms with Gasteiger partial charge in [0.1, 0.15) is 52.9 Å². The SMILES string of the molecule is Brc1ccc(Oc2ccnc3cc4c(cc23)OCCO4)cn1.Clc1ccnc2cc3c(cc12)OCCO3.Oc1ccc(Br)nc1. The van der Waals surface area contributed by atoms with E-state index in [2.05, 4.69) is 51.8 Å². The molecule has 0 unspecified atom stereocenters. The van der Waals surface area contributed by atoms with Crippen LogP contribution in [0.15, 0.2) is 94.7 Å². The molecule has 0 saturated carbocycles.